The lowest BCUT2D eigenvalue weighted by atomic mass is 10.1. The molecule has 88 valence electrons. The van der Waals surface area contributed by atoms with Crippen LogP contribution < -0.4 is 5.73 Å². The lowest BCUT2D eigenvalue weighted by molar-refractivity contribution is 0.802. The fourth-order valence-corrected chi connectivity index (χ4v) is 1.88. The Kier molecular flexibility index (Phi) is 2.67. The summed E-state index contributed by atoms with van der Waals surface area (Å²) in [5, 5.41) is 12.0. The highest BCUT2D eigenvalue weighted by Crippen LogP contribution is 2.17. The van der Waals surface area contributed by atoms with Gasteiger partial charge in [-0.25, -0.2) is 9.67 Å². The van der Waals surface area contributed by atoms with Gasteiger partial charge in [-0.1, -0.05) is 0 Å². The molecule has 0 spiro atoms. The van der Waals surface area contributed by atoms with Gasteiger partial charge in [-0.05, 0) is 38.5 Å². The van der Waals surface area contributed by atoms with Crippen molar-refractivity contribution >= 4 is 5.84 Å². The van der Waals surface area contributed by atoms with Crippen LogP contribution in [0.3, 0.4) is 0 Å². The Morgan fingerprint density at radius 1 is 1.35 bits per heavy atom. The van der Waals surface area contributed by atoms with E-state index in [4.69, 9.17) is 11.1 Å². The number of hydrogen-bond acceptors (Lipinski definition) is 3. The number of nitrogens with one attached hydrogen (secondary N) is 1. The highest BCUT2D eigenvalue weighted by Gasteiger charge is 2.14. The second kappa shape index (κ2) is 4.01. The van der Waals surface area contributed by atoms with Crippen molar-refractivity contribution in [1.29, 1.82) is 5.41 Å². The fourth-order valence-electron chi connectivity index (χ4n) is 1.88. The summed E-state index contributed by atoms with van der Waals surface area (Å²) in [6, 6.07) is 3.81. The molecule has 0 bridgehead atoms. The smallest absolute Gasteiger partial charge is 0.164 e. The molecule has 17 heavy (non-hydrogen) atoms. The first-order valence-electron chi connectivity index (χ1n) is 5.34. The van der Waals surface area contributed by atoms with E-state index in [1.54, 1.807) is 10.9 Å². The van der Waals surface area contributed by atoms with Crippen molar-refractivity contribution in [3.05, 3.63) is 40.8 Å². The van der Waals surface area contributed by atoms with Gasteiger partial charge in [0.2, 0.25) is 0 Å². The van der Waals surface area contributed by atoms with Crippen molar-refractivity contribution in [3.63, 3.8) is 0 Å². The molecule has 0 aliphatic heterocycles. The van der Waals surface area contributed by atoms with E-state index in [9.17, 15) is 0 Å². The molecule has 5 nitrogen and oxygen atoms in total. The summed E-state index contributed by atoms with van der Waals surface area (Å²) < 4.78 is 1.72. The second-order valence-electron chi connectivity index (χ2n) is 4.08. The van der Waals surface area contributed by atoms with Crippen LogP contribution in [0, 0.1) is 26.2 Å². The quantitative estimate of drug-likeness (QED) is 0.604. The van der Waals surface area contributed by atoms with Crippen molar-refractivity contribution in [2.75, 3.05) is 0 Å². The average Bonchev–Trinajstić information content (AvgIpc) is 2.56. The zero-order chi connectivity index (χ0) is 12.6. The predicted octanol–water partition coefficient (Wildman–Crippen LogP) is 1.48. The summed E-state index contributed by atoms with van der Waals surface area (Å²) in [5.74, 6) is 0.626. The van der Waals surface area contributed by atoms with Crippen LogP contribution in [0.25, 0.3) is 5.82 Å². The molecule has 0 saturated heterocycles. The fraction of sp³-hybridized carbons (Fsp3) is 0.250. The minimum Gasteiger partial charge on any atom is -0.384 e. The molecule has 0 saturated carbocycles. The largest absolute Gasteiger partial charge is 0.384 e. The maximum Gasteiger partial charge on any atom is 0.164 e. The van der Waals surface area contributed by atoms with Gasteiger partial charge in [-0.15, -0.1) is 0 Å². The number of hydrogen-bond donors (Lipinski definition) is 2. The molecule has 3 N–H and O–H groups in total. The molecule has 2 aromatic rings. The maximum atomic E-state index is 7.64. The highest BCUT2D eigenvalue weighted by atomic mass is 15.3. The van der Waals surface area contributed by atoms with Crippen molar-refractivity contribution in [2.24, 2.45) is 5.73 Å². The Labute approximate surface area is 99.8 Å². The Hall–Kier alpha value is -2.17. The van der Waals surface area contributed by atoms with Crippen LogP contribution >= 0.6 is 0 Å². The number of nitrogens with two attached hydrogens (primary N) is 1. The first-order valence-corrected chi connectivity index (χ1v) is 5.34. The maximum absolute atomic E-state index is 7.64. The normalized spacial score (nSPS) is 10.5. The summed E-state index contributed by atoms with van der Waals surface area (Å²) in [4.78, 5) is 4.28. The zero-order valence-electron chi connectivity index (χ0n) is 10.2. The second-order valence-corrected chi connectivity index (χ2v) is 4.08. The Morgan fingerprint density at radius 2 is 2.06 bits per heavy atom. The summed E-state index contributed by atoms with van der Waals surface area (Å²) in [7, 11) is 0. The van der Waals surface area contributed by atoms with Gasteiger partial charge in [0.15, 0.2) is 5.82 Å². The molecule has 0 amide bonds. The van der Waals surface area contributed by atoms with Crippen molar-refractivity contribution in [1.82, 2.24) is 14.8 Å². The number of pyridine rings is 1. The highest BCUT2D eigenvalue weighted by molar-refractivity contribution is 5.99. The van der Waals surface area contributed by atoms with Gasteiger partial charge in [-0.3, -0.25) is 5.41 Å². The van der Waals surface area contributed by atoms with Gasteiger partial charge in [-0.2, -0.15) is 5.10 Å². The molecule has 2 rings (SSSR count). The monoisotopic (exact) mass is 229 g/mol. The van der Waals surface area contributed by atoms with E-state index >= 15 is 0 Å². The van der Waals surface area contributed by atoms with Gasteiger partial charge in [0.1, 0.15) is 5.84 Å². The van der Waals surface area contributed by atoms with E-state index in [1.165, 1.54) is 0 Å². The molecular weight excluding hydrogens is 214 g/mol. The van der Waals surface area contributed by atoms with Crippen molar-refractivity contribution in [2.45, 2.75) is 20.8 Å². The van der Waals surface area contributed by atoms with E-state index in [2.05, 4.69) is 10.1 Å². The van der Waals surface area contributed by atoms with Crippen molar-refractivity contribution in [3.8, 4) is 5.82 Å². The summed E-state index contributed by atoms with van der Waals surface area (Å²) in [6.45, 7) is 5.79. The molecule has 0 atom stereocenters. The summed E-state index contributed by atoms with van der Waals surface area (Å²) in [5.41, 5.74) is 9.07. The number of aromatic nitrogens is 3. The zero-order valence-corrected chi connectivity index (χ0v) is 10.2. The number of nitrogens with zero attached hydrogens (tertiary/aromatic N) is 3. The minimum atomic E-state index is 0.0122. The van der Waals surface area contributed by atoms with Crippen molar-refractivity contribution < 1.29 is 0 Å². The average molecular weight is 229 g/mol. The molecule has 0 unspecified atom stereocenters. The van der Waals surface area contributed by atoms with Crippen LogP contribution in [0.15, 0.2) is 18.3 Å². The van der Waals surface area contributed by atoms with Gasteiger partial charge in [0.05, 0.1) is 11.3 Å². The predicted molar refractivity (Wildman–Crippen MR) is 66.6 cm³/mol. The van der Waals surface area contributed by atoms with E-state index in [0.29, 0.717) is 11.4 Å². The van der Waals surface area contributed by atoms with Crippen LogP contribution in [-0.2, 0) is 0 Å². The van der Waals surface area contributed by atoms with E-state index in [1.807, 2.05) is 32.9 Å². The molecule has 0 fully saturated rings. The molecule has 0 radical (unpaired) electrons. The molecule has 2 aromatic heterocycles. The van der Waals surface area contributed by atoms with E-state index < -0.39 is 0 Å². The standard InChI is InChI=1S/C12H15N5/c1-7-4-5-15-12(10(7)11(13)14)17-9(3)6-8(2)16-17/h4-6H,1-3H3,(H3,13,14). The van der Waals surface area contributed by atoms with Gasteiger partial charge in [0.25, 0.3) is 0 Å². The van der Waals surface area contributed by atoms with Crippen LogP contribution in [0.5, 0.6) is 0 Å². The van der Waals surface area contributed by atoms with Gasteiger partial charge < -0.3 is 5.73 Å². The SMILES string of the molecule is Cc1cc(C)n(-c2nccc(C)c2C(=N)N)n1. The first-order chi connectivity index (χ1) is 8.00. The lowest BCUT2D eigenvalue weighted by Gasteiger charge is -2.11. The van der Waals surface area contributed by atoms with Crippen LogP contribution in [0.4, 0.5) is 0 Å². The Morgan fingerprint density at radius 3 is 2.59 bits per heavy atom. The molecule has 0 aliphatic rings. The van der Waals surface area contributed by atoms with Crippen LogP contribution in [0.1, 0.15) is 22.5 Å². The third-order valence-electron chi connectivity index (χ3n) is 2.62. The third kappa shape index (κ3) is 1.91. The molecule has 0 aliphatic carbocycles. The molecule has 5 heteroatoms. The summed E-state index contributed by atoms with van der Waals surface area (Å²) in [6.07, 6.45) is 1.70. The number of amidine groups is 1. The number of aryl methyl sites for hydroxylation is 3. The van der Waals surface area contributed by atoms with Crippen LogP contribution in [0.2, 0.25) is 0 Å². The molecule has 2 heterocycles. The molecular formula is C12H15N5. The topological polar surface area (TPSA) is 80.6 Å². The molecule has 0 aromatic carbocycles. The Balaban J connectivity index is 2.71. The van der Waals surface area contributed by atoms with Gasteiger partial charge >= 0.3 is 0 Å². The summed E-state index contributed by atoms with van der Waals surface area (Å²) >= 11 is 0. The van der Waals surface area contributed by atoms with Gasteiger partial charge in [0, 0.05) is 11.9 Å². The Bertz CT molecular complexity index is 583. The number of nitrogen functional groups attached to an aromatic ring is 1. The first kappa shape index (κ1) is 11.3. The van der Waals surface area contributed by atoms with E-state index in [-0.39, 0.29) is 5.84 Å². The third-order valence-corrected chi connectivity index (χ3v) is 2.62. The van der Waals surface area contributed by atoms with Crippen LogP contribution in [-0.4, -0.2) is 20.6 Å². The number of rotatable bonds is 2. The van der Waals surface area contributed by atoms with E-state index in [0.717, 1.165) is 17.0 Å². The lowest BCUT2D eigenvalue weighted by Crippen LogP contribution is -2.18. The minimum absolute atomic E-state index is 0.0122.